The van der Waals surface area contributed by atoms with Crippen LogP contribution in [0, 0.1) is 17.0 Å². The van der Waals surface area contributed by atoms with E-state index in [9.17, 15) is 19.7 Å². The number of urea groups is 1. The van der Waals surface area contributed by atoms with Crippen molar-refractivity contribution in [2.45, 2.75) is 26.2 Å². The van der Waals surface area contributed by atoms with E-state index in [1.165, 1.54) is 17.7 Å². The molecule has 0 atom stereocenters. The number of rotatable bonds is 8. The van der Waals surface area contributed by atoms with Gasteiger partial charge in [-0.2, -0.15) is 0 Å². The van der Waals surface area contributed by atoms with Crippen LogP contribution in [0.1, 0.15) is 24.0 Å². The molecular formula is C28H31N5O4. The maximum Gasteiger partial charge on any atom is 0.321 e. The maximum atomic E-state index is 12.7. The molecule has 9 nitrogen and oxygen atoms in total. The van der Waals surface area contributed by atoms with Crippen molar-refractivity contribution in [3.05, 3.63) is 94.0 Å². The van der Waals surface area contributed by atoms with Crippen molar-refractivity contribution in [2.75, 3.05) is 41.7 Å². The molecule has 3 amide bonds. The minimum Gasteiger partial charge on any atom is -0.368 e. The van der Waals surface area contributed by atoms with Crippen molar-refractivity contribution < 1.29 is 14.5 Å². The molecule has 1 aliphatic rings. The number of nitrogens with zero attached hydrogens (tertiary/aromatic N) is 3. The zero-order chi connectivity index (χ0) is 26.2. The van der Waals surface area contributed by atoms with Gasteiger partial charge in [-0.3, -0.25) is 14.9 Å². The molecule has 4 rings (SSSR count). The van der Waals surface area contributed by atoms with E-state index in [0.717, 1.165) is 24.2 Å². The summed E-state index contributed by atoms with van der Waals surface area (Å²) in [5.74, 6) is 0.00608. The second kappa shape index (κ2) is 12.0. The topological polar surface area (TPSA) is 108 Å². The van der Waals surface area contributed by atoms with Gasteiger partial charge in [-0.25, -0.2) is 4.79 Å². The molecule has 0 aromatic heterocycles. The SMILES string of the molecule is Cc1cc([N+](=O)[O-])ccc1NC(=O)N1CCN(c2ccc(NC(=O)CCCc3ccccc3)cc2)CC1. The van der Waals surface area contributed by atoms with Crippen LogP contribution in [0.3, 0.4) is 0 Å². The number of non-ortho nitro benzene ring substituents is 1. The molecule has 0 spiro atoms. The van der Waals surface area contributed by atoms with Gasteiger partial charge in [-0.05, 0) is 61.2 Å². The summed E-state index contributed by atoms with van der Waals surface area (Å²) in [4.78, 5) is 39.4. The van der Waals surface area contributed by atoms with Gasteiger partial charge in [0.15, 0.2) is 0 Å². The molecule has 0 saturated carbocycles. The van der Waals surface area contributed by atoms with E-state index < -0.39 is 4.92 Å². The lowest BCUT2D eigenvalue weighted by molar-refractivity contribution is -0.384. The second-order valence-corrected chi connectivity index (χ2v) is 9.09. The molecule has 2 N–H and O–H groups in total. The molecule has 1 saturated heterocycles. The van der Waals surface area contributed by atoms with Crippen LogP contribution in [0.25, 0.3) is 0 Å². The maximum absolute atomic E-state index is 12.7. The summed E-state index contributed by atoms with van der Waals surface area (Å²) in [5.41, 5.74) is 4.25. The van der Waals surface area contributed by atoms with E-state index in [1.54, 1.807) is 17.9 Å². The highest BCUT2D eigenvalue weighted by Gasteiger charge is 2.22. The van der Waals surface area contributed by atoms with Crippen LogP contribution in [0.5, 0.6) is 0 Å². The highest BCUT2D eigenvalue weighted by atomic mass is 16.6. The van der Waals surface area contributed by atoms with E-state index in [0.29, 0.717) is 43.9 Å². The number of benzene rings is 3. The van der Waals surface area contributed by atoms with Gasteiger partial charge in [0, 0.05) is 61.8 Å². The number of aryl methyl sites for hydroxylation is 2. The first kappa shape index (κ1) is 25.7. The smallest absolute Gasteiger partial charge is 0.321 e. The van der Waals surface area contributed by atoms with Crippen molar-refractivity contribution in [3.8, 4) is 0 Å². The summed E-state index contributed by atoms with van der Waals surface area (Å²) >= 11 is 0. The van der Waals surface area contributed by atoms with E-state index in [4.69, 9.17) is 0 Å². The highest BCUT2D eigenvalue weighted by Crippen LogP contribution is 2.23. The normalized spacial score (nSPS) is 13.2. The Morgan fingerprint density at radius 3 is 2.27 bits per heavy atom. The lowest BCUT2D eigenvalue weighted by atomic mass is 10.1. The quantitative estimate of drug-likeness (QED) is 0.325. The van der Waals surface area contributed by atoms with Crippen LogP contribution in [0.4, 0.5) is 27.5 Å². The van der Waals surface area contributed by atoms with Crippen LogP contribution in [0.15, 0.2) is 72.8 Å². The molecule has 1 heterocycles. The number of nitro groups is 1. The molecule has 3 aromatic rings. The summed E-state index contributed by atoms with van der Waals surface area (Å²) in [6.45, 7) is 4.20. The largest absolute Gasteiger partial charge is 0.368 e. The Balaban J connectivity index is 1.22. The predicted octanol–water partition coefficient (Wildman–Crippen LogP) is 5.22. The molecule has 0 unspecified atom stereocenters. The summed E-state index contributed by atoms with van der Waals surface area (Å²) < 4.78 is 0. The molecule has 0 bridgehead atoms. The summed E-state index contributed by atoms with van der Waals surface area (Å²) in [6.07, 6.45) is 2.15. The number of anilines is 3. The standard InChI is InChI=1S/C28H31N5O4/c1-21-20-25(33(36)37)14-15-26(21)30-28(35)32-18-16-31(17-19-32)24-12-10-23(11-13-24)29-27(34)9-5-8-22-6-3-2-4-7-22/h2-4,6-7,10-15,20H,5,8-9,16-19H2,1H3,(H,29,34)(H,30,35). The Morgan fingerprint density at radius 1 is 0.919 bits per heavy atom. The fourth-order valence-electron chi connectivity index (χ4n) is 4.34. The van der Waals surface area contributed by atoms with Crippen LogP contribution in [-0.4, -0.2) is 47.9 Å². The third kappa shape index (κ3) is 7.07. The number of hydrogen-bond acceptors (Lipinski definition) is 5. The number of carbonyl (C=O) groups excluding carboxylic acids is 2. The van der Waals surface area contributed by atoms with Gasteiger partial charge in [0.25, 0.3) is 5.69 Å². The molecule has 0 radical (unpaired) electrons. The molecule has 9 heteroatoms. The van der Waals surface area contributed by atoms with Crippen molar-refractivity contribution in [2.24, 2.45) is 0 Å². The first-order chi connectivity index (χ1) is 17.9. The number of hydrogen-bond donors (Lipinski definition) is 2. The minimum absolute atomic E-state index is 0.00208. The first-order valence-corrected chi connectivity index (χ1v) is 12.4. The van der Waals surface area contributed by atoms with Crippen molar-refractivity contribution in [1.29, 1.82) is 0 Å². The average molecular weight is 502 g/mol. The molecule has 192 valence electrons. The number of nitrogens with one attached hydrogen (secondary N) is 2. The molecule has 0 aliphatic carbocycles. The van der Waals surface area contributed by atoms with Gasteiger partial charge in [0.05, 0.1) is 4.92 Å². The second-order valence-electron chi connectivity index (χ2n) is 9.09. The predicted molar refractivity (Wildman–Crippen MR) is 145 cm³/mol. The van der Waals surface area contributed by atoms with Gasteiger partial charge in [0.1, 0.15) is 0 Å². The lowest BCUT2D eigenvalue weighted by Crippen LogP contribution is -2.50. The monoisotopic (exact) mass is 501 g/mol. The van der Waals surface area contributed by atoms with Crippen LogP contribution in [0.2, 0.25) is 0 Å². The van der Waals surface area contributed by atoms with Gasteiger partial charge in [0.2, 0.25) is 5.91 Å². The van der Waals surface area contributed by atoms with E-state index in [2.05, 4.69) is 27.7 Å². The summed E-state index contributed by atoms with van der Waals surface area (Å²) in [6, 6.07) is 22.1. The number of amides is 3. The first-order valence-electron chi connectivity index (χ1n) is 12.4. The van der Waals surface area contributed by atoms with Gasteiger partial charge in [-0.15, -0.1) is 0 Å². The van der Waals surface area contributed by atoms with Gasteiger partial charge < -0.3 is 20.4 Å². The number of nitro benzene ring substituents is 1. The van der Waals surface area contributed by atoms with E-state index in [1.807, 2.05) is 42.5 Å². The minimum atomic E-state index is -0.453. The van der Waals surface area contributed by atoms with Crippen molar-refractivity contribution >= 4 is 34.7 Å². The van der Waals surface area contributed by atoms with E-state index in [-0.39, 0.29) is 17.6 Å². The molecule has 3 aromatic carbocycles. The van der Waals surface area contributed by atoms with Gasteiger partial charge >= 0.3 is 6.03 Å². The lowest BCUT2D eigenvalue weighted by Gasteiger charge is -2.36. The van der Waals surface area contributed by atoms with E-state index >= 15 is 0 Å². The van der Waals surface area contributed by atoms with Gasteiger partial charge in [-0.1, -0.05) is 30.3 Å². The van der Waals surface area contributed by atoms with Crippen LogP contribution < -0.4 is 15.5 Å². The Bertz CT molecular complexity index is 1240. The Hall–Kier alpha value is -4.40. The van der Waals surface area contributed by atoms with Crippen molar-refractivity contribution in [1.82, 2.24) is 4.90 Å². The zero-order valence-corrected chi connectivity index (χ0v) is 20.9. The zero-order valence-electron chi connectivity index (χ0n) is 20.9. The summed E-state index contributed by atoms with van der Waals surface area (Å²) in [5, 5.41) is 16.7. The molecule has 37 heavy (non-hydrogen) atoms. The van der Waals surface area contributed by atoms with Crippen molar-refractivity contribution in [3.63, 3.8) is 0 Å². The van der Waals surface area contributed by atoms with Crippen LogP contribution in [-0.2, 0) is 11.2 Å². The Morgan fingerprint density at radius 2 is 1.62 bits per heavy atom. The number of carbonyl (C=O) groups is 2. The third-order valence-electron chi connectivity index (χ3n) is 6.46. The highest BCUT2D eigenvalue weighted by molar-refractivity contribution is 5.91. The molecule has 1 fully saturated rings. The Labute approximate surface area is 216 Å². The Kier molecular flexibility index (Phi) is 8.35. The fourth-order valence-corrected chi connectivity index (χ4v) is 4.34. The third-order valence-corrected chi connectivity index (χ3v) is 6.46. The molecular weight excluding hydrogens is 470 g/mol. The number of piperazine rings is 1. The molecule has 1 aliphatic heterocycles. The average Bonchev–Trinajstić information content (AvgIpc) is 2.91. The fraction of sp³-hybridized carbons (Fsp3) is 0.286. The summed E-state index contributed by atoms with van der Waals surface area (Å²) in [7, 11) is 0. The van der Waals surface area contributed by atoms with Crippen LogP contribution >= 0.6 is 0 Å².